The summed E-state index contributed by atoms with van der Waals surface area (Å²) in [6, 6.07) is 81.3. The molecule has 0 fully saturated rings. The summed E-state index contributed by atoms with van der Waals surface area (Å²) in [4.78, 5) is 2.41. The van der Waals surface area contributed by atoms with Gasteiger partial charge in [0.15, 0.2) is 0 Å². The fraction of sp³-hybridized carbons (Fsp3) is 0. The van der Waals surface area contributed by atoms with Crippen molar-refractivity contribution in [1.29, 1.82) is 0 Å². The average Bonchev–Trinajstić information content (AvgIpc) is 3.67. The Labute approximate surface area is 332 Å². The van der Waals surface area contributed by atoms with E-state index in [2.05, 4.69) is 229 Å². The van der Waals surface area contributed by atoms with E-state index < -0.39 is 0 Å². The van der Waals surface area contributed by atoms with Gasteiger partial charge < -0.3 is 4.90 Å². The Bertz CT molecular complexity index is 2870. The Morgan fingerprint density at radius 2 is 0.696 bits per heavy atom. The standard InChI is InChI=1S/C54H37NS/c1-4-15-38(16-5-1)41-27-31-46(32-28-41)55(52-25-12-10-21-48(52)50-23-14-24-51-49-22-11-13-26-53(49)56-54(50)51)47-33-29-42(30-34-47)45-36-43(39-17-6-2-7-18-39)35-44(37-45)40-19-8-3-9-20-40/h1-37H. The summed E-state index contributed by atoms with van der Waals surface area (Å²) in [7, 11) is 0. The zero-order chi connectivity index (χ0) is 37.3. The van der Waals surface area contributed by atoms with Gasteiger partial charge in [-0.2, -0.15) is 0 Å². The highest BCUT2D eigenvalue weighted by molar-refractivity contribution is 7.26. The van der Waals surface area contributed by atoms with Crippen molar-refractivity contribution in [2.45, 2.75) is 0 Å². The predicted molar refractivity (Wildman–Crippen MR) is 241 cm³/mol. The average molecular weight is 732 g/mol. The SMILES string of the molecule is c1ccc(-c2ccc(N(c3ccc(-c4cc(-c5ccccc5)cc(-c5ccccc5)c4)cc3)c3ccccc3-c3cccc4c3sc3ccccc34)cc2)cc1. The number of anilines is 3. The number of rotatable bonds is 8. The van der Waals surface area contributed by atoms with Crippen molar-refractivity contribution in [1.82, 2.24) is 0 Å². The number of fused-ring (bicyclic) bond motifs is 3. The lowest BCUT2D eigenvalue weighted by molar-refractivity contribution is 1.28. The molecular formula is C54H37NS. The van der Waals surface area contributed by atoms with Crippen LogP contribution in [0.3, 0.4) is 0 Å². The highest BCUT2D eigenvalue weighted by Gasteiger charge is 2.20. The van der Waals surface area contributed by atoms with Crippen LogP contribution in [0, 0.1) is 0 Å². The molecule has 1 heterocycles. The minimum Gasteiger partial charge on any atom is -0.310 e. The molecule has 0 aliphatic carbocycles. The van der Waals surface area contributed by atoms with Crippen LogP contribution in [-0.2, 0) is 0 Å². The van der Waals surface area contributed by atoms with E-state index in [-0.39, 0.29) is 0 Å². The molecule has 0 aliphatic heterocycles. The van der Waals surface area contributed by atoms with E-state index in [1.54, 1.807) is 0 Å². The molecule has 0 unspecified atom stereocenters. The molecule has 9 aromatic carbocycles. The molecule has 1 nitrogen and oxygen atoms in total. The number of nitrogens with zero attached hydrogens (tertiary/aromatic N) is 1. The van der Waals surface area contributed by atoms with Crippen molar-refractivity contribution in [3.8, 4) is 55.6 Å². The largest absolute Gasteiger partial charge is 0.310 e. The molecule has 0 aliphatic rings. The molecule has 0 spiro atoms. The van der Waals surface area contributed by atoms with Crippen LogP contribution >= 0.6 is 11.3 Å². The maximum absolute atomic E-state index is 2.41. The van der Waals surface area contributed by atoms with Gasteiger partial charge in [0.2, 0.25) is 0 Å². The second kappa shape index (κ2) is 14.7. The summed E-state index contributed by atoms with van der Waals surface area (Å²) in [5.74, 6) is 0. The van der Waals surface area contributed by atoms with Crippen LogP contribution in [0.15, 0.2) is 224 Å². The second-order valence-corrected chi connectivity index (χ2v) is 15.2. The smallest absolute Gasteiger partial charge is 0.0540 e. The lowest BCUT2D eigenvalue weighted by atomic mass is 9.93. The van der Waals surface area contributed by atoms with Crippen LogP contribution < -0.4 is 4.90 Å². The van der Waals surface area contributed by atoms with Gasteiger partial charge in [-0.3, -0.25) is 0 Å². The van der Waals surface area contributed by atoms with E-state index in [0.29, 0.717) is 0 Å². The fourth-order valence-electron chi connectivity index (χ4n) is 7.91. The third-order valence-electron chi connectivity index (χ3n) is 10.7. The number of thiophene rings is 1. The first-order valence-corrected chi connectivity index (χ1v) is 19.9. The second-order valence-electron chi connectivity index (χ2n) is 14.1. The lowest BCUT2D eigenvalue weighted by Crippen LogP contribution is -2.11. The van der Waals surface area contributed by atoms with Crippen LogP contribution in [0.4, 0.5) is 17.1 Å². The van der Waals surface area contributed by atoms with Crippen LogP contribution in [0.1, 0.15) is 0 Å². The zero-order valence-corrected chi connectivity index (χ0v) is 31.5. The van der Waals surface area contributed by atoms with Crippen molar-refractivity contribution < 1.29 is 0 Å². The Morgan fingerprint density at radius 1 is 0.286 bits per heavy atom. The minimum absolute atomic E-state index is 1.10. The molecule has 2 heteroatoms. The Kier molecular flexibility index (Phi) is 8.79. The van der Waals surface area contributed by atoms with Gasteiger partial charge in [0.05, 0.1) is 5.69 Å². The summed E-state index contributed by atoms with van der Waals surface area (Å²) in [5.41, 5.74) is 15.4. The highest BCUT2D eigenvalue weighted by Crippen LogP contribution is 2.46. The van der Waals surface area contributed by atoms with E-state index in [0.717, 1.165) is 17.1 Å². The van der Waals surface area contributed by atoms with E-state index >= 15 is 0 Å². The van der Waals surface area contributed by atoms with Gasteiger partial charge in [0.1, 0.15) is 0 Å². The third-order valence-corrected chi connectivity index (χ3v) is 11.9. The number of hydrogen-bond acceptors (Lipinski definition) is 2. The monoisotopic (exact) mass is 731 g/mol. The van der Waals surface area contributed by atoms with Crippen molar-refractivity contribution in [2.75, 3.05) is 4.90 Å². The zero-order valence-electron chi connectivity index (χ0n) is 30.7. The van der Waals surface area contributed by atoms with Crippen LogP contribution in [0.5, 0.6) is 0 Å². The number of para-hydroxylation sites is 1. The highest BCUT2D eigenvalue weighted by atomic mass is 32.1. The topological polar surface area (TPSA) is 3.24 Å². The van der Waals surface area contributed by atoms with Crippen molar-refractivity contribution in [2.24, 2.45) is 0 Å². The lowest BCUT2D eigenvalue weighted by Gasteiger charge is -2.28. The molecule has 10 rings (SSSR count). The van der Waals surface area contributed by atoms with Gasteiger partial charge in [-0.05, 0) is 99.1 Å². The Hall–Kier alpha value is -7.00. The molecule has 10 aromatic rings. The van der Waals surface area contributed by atoms with Gasteiger partial charge in [-0.15, -0.1) is 11.3 Å². The van der Waals surface area contributed by atoms with Gasteiger partial charge >= 0.3 is 0 Å². The maximum Gasteiger partial charge on any atom is 0.0540 e. The summed E-state index contributed by atoms with van der Waals surface area (Å²) in [6.45, 7) is 0. The number of benzene rings is 9. The molecule has 264 valence electrons. The van der Waals surface area contributed by atoms with Gasteiger partial charge in [-0.1, -0.05) is 170 Å². The summed E-state index contributed by atoms with van der Waals surface area (Å²) in [6.07, 6.45) is 0. The van der Waals surface area contributed by atoms with Gasteiger partial charge in [0.25, 0.3) is 0 Å². The molecule has 0 amide bonds. The molecule has 0 radical (unpaired) electrons. The summed E-state index contributed by atoms with van der Waals surface area (Å²) in [5, 5.41) is 2.61. The maximum atomic E-state index is 2.41. The van der Waals surface area contributed by atoms with Gasteiger partial charge in [0, 0.05) is 42.7 Å². The fourth-order valence-corrected chi connectivity index (χ4v) is 9.14. The first kappa shape index (κ1) is 33.6. The van der Waals surface area contributed by atoms with E-state index in [4.69, 9.17) is 0 Å². The van der Waals surface area contributed by atoms with E-state index in [9.17, 15) is 0 Å². The Morgan fingerprint density at radius 3 is 1.27 bits per heavy atom. The predicted octanol–water partition coefficient (Wildman–Crippen LogP) is 15.9. The van der Waals surface area contributed by atoms with Crippen LogP contribution in [0.2, 0.25) is 0 Å². The molecule has 0 saturated heterocycles. The first-order valence-electron chi connectivity index (χ1n) is 19.1. The molecular weight excluding hydrogens is 695 g/mol. The van der Waals surface area contributed by atoms with Crippen LogP contribution in [0.25, 0.3) is 75.8 Å². The van der Waals surface area contributed by atoms with Gasteiger partial charge in [-0.25, -0.2) is 0 Å². The first-order chi connectivity index (χ1) is 27.8. The number of hydrogen-bond donors (Lipinski definition) is 0. The van der Waals surface area contributed by atoms with Crippen molar-refractivity contribution in [3.05, 3.63) is 224 Å². The molecule has 0 saturated carbocycles. The summed E-state index contributed by atoms with van der Waals surface area (Å²) >= 11 is 1.87. The Balaban J connectivity index is 1.11. The normalized spacial score (nSPS) is 11.2. The van der Waals surface area contributed by atoms with Crippen LogP contribution in [-0.4, -0.2) is 0 Å². The molecule has 0 bridgehead atoms. The molecule has 56 heavy (non-hydrogen) atoms. The third kappa shape index (κ3) is 6.36. The van der Waals surface area contributed by atoms with Crippen molar-refractivity contribution >= 4 is 48.6 Å². The molecule has 1 aromatic heterocycles. The summed E-state index contributed by atoms with van der Waals surface area (Å²) < 4.78 is 2.62. The molecule has 0 atom stereocenters. The molecule has 0 N–H and O–H groups in total. The quantitative estimate of drug-likeness (QED) is 0.150. The van der Waals surface area contributed by atoms with E-state index in [1.165, 1.54) is 75.8 Å². The van der Waals surface area contributed by atoms with E-state index in [1.807, 2.05) is 11.3 Å². The minimum atomic E-state index is 1.10. The van der Waals surface area contributed by atoms with Crippen molar-refractivity contribution in [3.63, 3.8) is 0 Å².